The summed E-state index contributed by atoms with van der Waals surface area (Å²) in [7, 11) is 1.59. The number of nitrogens with one attached hydrogen (secondary N) is 3. The summed E-state index contributed by atoms with van der Waals surface area (Å²) in [6, 6.07) is 11.2. The van der Waals surface area contributed by atoms with E-state index in [9.17, 15) is 14.4 Å². The van der Waals surface area contributed by atoms with Crippen molar-refractivity contribution in [1.82, 2.24) is 15.8 Å². The Balaban J connectivity index is 1.77. The number of carbonyl (C=O) groups is 3. The molecule has 2 rings (SSSR count). The van der Waals surface area contributed by atoms with Gasteiger partial charge in [0.1, 0.15) is 0 Å². The van der Waals surface area contributed by atoms with E-state index in [0.717, 1.165) is 0 Å². The van der Waals surface area contributed by atoms with Crippen LogP contribution >= 0.6 is 34.8 Å². The molecule has 0 aliphatic heterocycles. The van der Waals surface area contributed by atoms with Gasteiger partial charge >= 0.3 is 0 Å². The van der Waals surface area contributed by atoms with Crippen LogP contribution in [-0.2, 0) is 9.59 Å². The van der Waals surface area contributed by atoms with Gasteiger partial charge in [0.05, 0.1) is 33.7 Å². The summed E-state index contributed by atoms with van der Waals surface area (Å²) in [5.74, 6) is -1.38. The maximum atomic E-state index is 12.0. The van der Waals surface area contributed by atoms with Crippen molar-refractivity contribution in [3.8, 4) is 0 Å². The maximum absolute atomic E-state index is 12.0. The first-order chi connectivity index (χ1) is 13.3. The van der Waals surface area contributed by atoms with Gasteiger partial charge in [-0.2, -0.15) is 0 Å². The minimum absolute atomic E-state index is 0.0495. The highest BCUT2D eigenvalue weighted by Gasteiger charge is 2.14. The number of carbonyl (C=O) groups excluding carboxylic acids is 3. The second-order valence-electron chi connectivity index (χ2n) is 5.83. The van der Waals surface area contributed by atoms with Gasteiger partial charge in [0.15, 0.2) is 0 Å². The van der Waals surface area contributed by atoms with Crippen LogP contribution in [0.2, 0.25) is 15.1 Å². The molecule has 3 N–H and O–H groups in total. The Kier molecular flexibility index (Phi) is 8.07. The van der Waals surface area contributed by atoms with Gasteiger partial charge in [-0.05, 0) is 37.4 Å². The van der Waals surface area contributed by atoms with Crippen LogP contribution in [0.3, 0.4) is 0 Å². The molecule has 0 heterocycles. The molecule has 0 unspecified atom stereocenters. The summed E-state index contributed by atoms with van der Waals surface area (Å²) in [6.45, 7) is -0.163. The molecule has 0 aliphatic carbocycles. The van der Waals surface area contributed by atoms with Gasteiger partial charge < -0.3 is 5.32 Å². The molecule has 0 fully saturated rings. The van der Waals surface area contributed by atoms with Crippen LogP contribution in [0.1, 0.15) is 10.4 Å². The molecule has 0 radical (unpaired) electrons. The molecule has 7 nitrogen and oxygen atoms in total. The average Bonchev–Trinajstić information content (AvgIpc) is 2.63. The third kappa shape index (κ3) is 6.69. The molecule has 0 spiro atoms. The zero-order valence-electron chi connectivity index (χ0n) is 14.8. The number of anilines is 1. The van der Waals surface area contributed by atoms with Crippen molar-refractivity contribution in [2.45, 2.75) is 0 Å². The van der Waals surface area contributed by atoms with Crippen molar-refractivity contribution < 1.29 is 14.4 Å². The number of likely N-dealkylation sites (N-methyl/N-ethyl adjacent to an activating group) is 1. The number of amides is 3. The molecule has 0 saturated heterocycles. The number of hydrogen-bond donors (Lipinski definition) is 3. The predicted octanol–water partition coefficient (Wildman–Crippen LogP) is 2.98. The van der Waals surface area contributed by atoms with Crippen LogP contribution in [0.4, 0.5) is 5.69 Å². The number of halogens is 3. The highest BCUT2D eigenvalue weighted by Crippen LogP contribution is 2.24. The second-order valence-corrected chi connectivity index (χ2v) is 7.05. The molecule has 0 atom stereocenters. The minimum Gasteiger partial charge on any atom is -0.325 e. The van der Waals surface area contributed by atoms with E-state index in [1.54, 1.807) is 37.4 Å². The molecular formula is C18H17Cl3N4O3. The number of nitrogens with zero attached hydrogens (tertiary/aromatic N) is 1. The van der Waals surface area contributed by atoms with Crippen LogP contribution in [0.25, 0.3) is 0 Å². The van der Waals surface area contributed by atoms with E-state index in [-0.39, 0.29) is 29.6 Å². The van der Waals surface area contributed by atoms with E-state index in [2.05, 4.69) is 16.2 Å². The molecule has 3 amide bonds. The Labute approximate surface area is 176 Å². The van der Waals surface area contributed by atoms with Crippen molar-refractivity contribution in [3.05, 3.63) is 63.1 Å². The zero-order chi connectivity index (χ0) is 20.7. The van der Waals surface area contributed by atoms with Gasteiger partial charge in [-0.25, -0.2) is 0 Å². The lowest BCUT2D eigenvalue weighted by atomic mass is 10.2. The first-order valence-corrected chi connectivity index (χ1v) is 9.17. The fraction of sp³-hybridized carbons (Fsp3) is 0.167. The molecule has 148 valence electrons. The lowest BCUT2D eigenvalue weighted by Gasteiger charge is -2.16. The van der Waals surface area contributed by atoms with Crippen molar-refractivity contribution >= 4 is 58.2 Å². The first-order valence-electron chi connectivity index (χ1n) is 8.03. The summed E-state index contributed by atoms with van der Waals surface area (Å²) in [6.07, 6.45) is 0. The Hall–Kier alpha value is -2.32. The fourth-order valence-electron chi connectivity index (χ4n) is 2.20. The highest BCUT2D eigenvalue weighted by atomic mass is 35.5. The van der Waals surface area contributed by atoms with Gasteiger partial charge in [-0.1, -0.05) is 46.9 Å². The monoisotopic (exact) mass is 442 g/mol. The van der Waals surface area contributed by atoms with E-state index in [0.29, 0.717) is 15.7 Å². The van der Waals surface area contributed by atoms with Crippen molar-refractivity contribution in [1.29, 1.82) is 0 Å². The predicted molar refractivity (Wildman–Crippen MR) is 110 cm³/mol. The number of benzene rings is 2. The first kappa shape index (κ1) is 22.0. The van der Waals surface area contributed by atoms with Gasteiger partial charge in [-0.3, -0.25) is 30.1 Å². The topological polar surface area (TPSA) is 90.5 Å². The van der Waals surface area contributed by atoms with Crippen LogP contribution < -0.4 is 16.2 Å². The smallest absolute Gasteiger partial charge is 0.271 e. The molecule has 0 bridgehead atoms. The van der Waals surface area contributed by atoms with Crippen molar-refractivity contribution in [3.63, 3.8) is 0 Å². The Morgan fingerprint density at radius 1 is 0.857 bits per heavy atom. The fourth-order valence-corrected chi connectivity index (χ4v) is 2.72. The Morgan fingerprint density at radius 3 is 2.21 bits per heavy atom. The van der Waals surface area contributed by atoms with Crippen molar-refractivity contribution in [2.75, 3.05) is 25.5 Å². The van der Waals surface area contributed by atoms with Crippen LogP contribution in [-0.4, -0.2) is 42.8 Å². The quantitative estimate of drug-likeness (QED) is 0.599. The highest BCUT2D eigenvalue weighted by molar-refractivity contribution is 6.42. The molecule has 10 heteroatoms. The van der Waals surface area contributed by atoms with Crippen molar-refractivity contribution in [2.24, 2.45) is 0 Å². The molecule has 2 aromatic rings. The van der Waals surface area contributed by atoms with Gasteiger partial charge in [0, 0.05) is 5.69 Å². The van der Waals surface area contributed by atoms with Gasteiger partial charge in [-0.15, -0.1) is 0 Å². The lowest BCUT2D eigenvalue weighted by Crippen LogP contribution is -2.46. The number of rotatable bonds is 6. The lowest BCUT2D eigenvalue weighted by molar-refractivity contribution is -0.123. The van der Waals surface area contributed by atoms with Crippen LogP contribution in [0, 0.1) is 0 Å². The largest absolute Gasteiger partial charge is 0.325 e. The summed E-state index contributed by atoms with van der Waals surface area (Å²) < 4.78 is 0. The standard InChI is InChI=1S/C18H17Cl3N4O3/c1-25(9-16(26)22-11-6-7-14(20)15(21)8-11)10-17(27)23-24-18(28)12-4-2-3-5-13(12)19/h2-8H,9-10H2,1H3,(H,22,26)(H,23,27)(H,24,28). The SMILES string of the molecule is CN(CC(=O)NNC(=O)c1ccccc1Cl)CC(=O)Nc1ccc(Cl)c(Cl)c1. The number of hydrogen-bond acceptors (Lipinski definition) is 4. The number of hydrazine groups is 1. The summed E-state index contributed by atoms with van der Waals surface area (Å²) in [4.78, 5) is 37.4. The maximum Gasteiger partial charge on any atom is 0.271 e. The molecule has 0 aliphatic rings. The van der Waals surface area contributed by atoms with E-state index in [4.69, 9.17) is 34.8 Å². The zero-order valence-corrected chi connectivity index (χ0v) is 17.0. The third-order valence-corrected chi connectivity index (χ3v) is 4.53. The minimum atomic E-state index is -0.543. The molecule has 28 heavy (non-hydrogen) atoms. The van der Waals surface area contributed by atoms with E-state index >= 15 is 0 Å². The average molecular weight is 444 g/mol. The summed E-state index contributed by atoms with van der Waals surface area (Å²) >= 11 is 17.6. The van der Waals surface area contributed by atoms with E-state index < -0.39 is 11.8 Å². The second kappa shape index (κ2) is 10.3. The van der Waals surface area contributed by atoms with Gasteiger partial charge in [0.2, 0.25) is 5.91 Å². The molecule has 0 saturated carbocycles. The van der Waals surface area contributed by atoms with E-state index in [1.807, 2.05) is 0 Å². The molecular weight excluding hydrogens is 427 g/mol. The van der Waals surface area contributed by atoms with Gasteiger partial charge in [0.25, 0.3) is 11.8 Å². The Morgan fingerprint density at radius 2 is 1.54 bits per heavy atom. The normalized spacial score (nSPS) is 10.5. The molecule has 2 aromatic carbocycles. The van der Waals surface area contributed by atoms with E-state index in [1.165, 1.54) is 17.0 Å². The Bertz CT molecular complexity index is 892. The summed E-state index contributed by atoms with van der Waals surface area (Å²) in [5, 5.41) is 3.62. The third-order valence-electron chi connectivity index (χ3n) is 3.46. The van der Waals surface area contributed by atoms with Crippen LogP contribution in [0.15, 0.2) is 42.5 Å². The summed E-state index contributed by atoms with van der Waals surface area (Å²) in [5.41, 5.74) is 5.27. The van der Waals surface area contributed by atoms with Crippen LogP contribution in [0.5, 0.6) is 0 Å². The molecule has 0 aromatic heterocycles.